The van der Waals surface area contributed by atoms with E-state index in [0.717, 1.165) is 19.3 Å². The molecule has 0 spiro atoms. The van der Waals surface area contributed by atoms with E-state index in [1.165, 1.54) is 0 Å². The van der Waals surface area contributed by atoms with Crippen LogP contribution < -0.4 is 0 Å². The molecule has 0 saturated heterocycles. The Labute approximate surface area is 111 Å². The molecule has 0 heterocycles. The predicted octanol–water partition coefficient (Wildman–Crippen LogP) is 2.72. The van der Waals surface area contributed by atoms with Crippen LogP contribution in [0.15, 0.2) is 4.99 Å². The number of aliphatic imine (C=N–C) groups is 1. The summed E-state index contributed by atoms with van der Waals surface area (Å²) in [4.78, 5) is 18.0. The molecule has 0 bridgehead atoms. The van der Waals surface area contributed by atoms with Crippen molar-refractivity contribution in [1.82, 2.24) is 4.90 Å². The summed E-state index contributed by atoms with van der Waals surface area (Å²) in [6, 6.07) is 0.0292. The zero-order valence-corrected chi connectivity index (χ0v) is 12.5. The molecular formula is C14H28N2O2. The lowest BCUT2D eigenvalue weighted by molar-refractivity contribution is -0.144. The normalized spacial score (nSPS) is 13.0. The van der Waals surface area contributed by atoms with Crippen molar-refractivity contribution in [2.75, 3.05) is 20.7 Å². The second-order valence-electron chi connectivity index (χ2n) is 5.29. The smallest absolute Gasteiger partial charge is 0.307 e. The van der Waals surface area contributed by atoms with Crippen LogP contribution in [0.5, 0.6) is 0 Å². The SMILES string of the molecule is CCCCOC(=O)CC(CC(C)C)N=CN(C)C. The van der Waals surface area contributed by atoms with Crippen molar-refractivity contribution in [2.45, 2.75) is 52.5 Å². The van der Waals surface area contributed by atoms with Crippen molar-refractivity contribution in [3.63, 3.8) is 0 Å². The maximum atomic E-state index is 11.6. The molecule has 0 radical (unpaired) electrons. The minimum absolute atomic E-state index is 0.0292. The van der Waals surface area contributed by atoms with E-state index < -0.39 is 0 Å². The zero-order chi connectivity index (χ0) is 14.0. The van der Waals surface area contributed by atoms with Gasteiger partial charge in [0.15, 0.2) is 0 Å². The molecule has 0 saturated carbocycles. The molecule has 0 aromatic rings. The average molecular weight is 256 g/mol. The van der Waals surface area contributed by atoms with Crippen LogP contribution in [0.3, 0.4) is 0 Å². The lowest BCUT2D eigenvalue weighted by atomic mass is 10.0. The standard InChI is InChI=1S/C14H28N2O2/c1-6-7-8-18-14(17)10-13(9-12(2)3)15-11-16(4)5/h11-13H,6-10H2,1-5H3. The highest BCUT2D eigenvalue weighted by molar-refractivity contribution is 5.70. The zero-order valence-electron chi connectivity index (χ0n) is 12.5. The number of carbonyl (C=O) groups is 1. The molecule has 0 aromatic heterocycles. The van der Waals surface area contributed by atoms with E-state index >= 15 is 0 Å². The summed E-state index contributed by atoms with van der Waals surface area (Å²) < 4.78 is 5.17. The highest BCUT2D eigenvalue weighted by Gasteiger charge is 2.15. The number of nitrogens with zero attached hydrogens (tertiary/aromatic N) is 2. The first-order valence-corrected chi connectivity index (χ1v) is 6.81. The maximum Gasteiger partial charge on any atom is 0.307 e. The van der Waals surface area contributed by atoms with Gasteiger partial charge in [0.25, 0.3) is 0 Å². The quantitative estimate of drug-likeness (QED) is 0.276. The van der Waals surface area contributed by atoms with E-state index in [-0.39, 0.29) is 12.0 Å². The Morgan fingerprint density at radius 3 is 2.56 bits per heavy atom. The molecule has 18 heavy (non-hydrogen) atoms. The molecule has 4 nitrogen and oxygen atoms in total. The van der Waals surface area contributed by atoms with Gasteiger partial charge in [0.2, 0.25) is 0 Å². The highest BCUT2D eigenvalue weighted by atomic mass is 16.5. The molecule has 0 aliphatic rings. The summed E-state index contributed by atoms with van der Waals surface area (Å²) in [6.07, 6.45) is 5.04. The van der Waals surface area contributed by atoms with Crippen LogP contribution in [0.4, 0.5) is 0 Å². The van der Waals surface area contributed by atoms with Crippen molar-refractivity contribution < 1.29 is 9.53 Å². The van der Waals surface area contributed by atoms with Crippen molar-refractivity contribution in [1.29, 1.82) is 0 Å². The fraction of sp³-hybridized carbons (Fsp3) is 0.857. The Kier molecular flexibility index (Phi) is 9.33. The Bertz CT molecular complexity index is 250. The fourth-order valence-electron chi connectivity index (χ4n) is 1.55. The number of ether oxygens (including phenoxy) is 1. The van der Waals surface area contributed by atoms with Crippen molar-refractivity contribution in [3.8, 4) is 0 Å². The van der Waals surface area contributed by atoms with Gasteiger partial charge in [-0.25, -0.2) is 0 Å². The van der Waals surface area contributed by atoms with Crippen molar-refractivity contribution >= 4 is 12.3 Å². The molecule has 0 amide bonds. The third kappa shape index (κ3) is 10.1. The second kappa shape index (κ2) is 9.92. The van der Waals surface area contributed by atoms with Crippen LogP contribution in [0.2, 0.25) is 0 Å². The first kappa shape index (κ1) is 16.9. The van der Waals surface area contributed by atoms with Crippen LogP contribution in [-0.4, -0.2) is 44.0 Å². The summed E-state index contributed by atoms with van der Waals surface area (Å²) in [5, 5.41) is 0. The Morgan fingerprint density at radius 2 is 2.06 bits per heavy atom. The molecule has 4 heteroatoms. The van der Waals surface area contributed by atoms with E-state index in [4.69, 9.17) is 4.74 Å². The summed E-state index contributed by atoms with van der Waals surface area (Å²) >= 11 is 0. The molecule has 0 aromatic carbocycles. The highest BCUT2D eigenvalue weighted by Crippen LogP contribution is 2.12. The molecule has 1 atom stereocenters. The van der Waals surface area contributed by atoms with Crippen molar-refractivity contribution in [2.24, 2.45) is 10.9 Å². The van der Waals surface area contributed by atoms with Crippen LogP contribution in [0.1, 0.15) is 46.5 Å². The fourth-order valence-corrected chi connectivity index (χ4v) is 1.55. The van der Waals surface area contributed by atoms with Gasteiger partial charge in [0.05, 0.1) is 25.4 Å². The van der Waals surface area contributed by atoms with Gasteiger partial charge >= 0.3 is 5.97 Å². The summed E-state index contributed by atoms with van der Waals surface area (Å²) in [5.41, 5.74) is 0. The van der Waals surface area contributed by atoms with E-state index in [0.29, 0.717) is 18.9 Å². The predicted molar refractivity (Wildman–Crippen MR) is 75.9 cm³/mol. The number of esters is 1. The van der Waals surface area contributed by atoms with Gasteiger partial charge in [-0.3, -0.25) is 9.79 Å². The van der Waals surface area contributed by atoms with Gasteiger partial charge in [-0.05, 0) is 18.8 Å². The van der Waals surface area contributed by atoms with Crippen LogP contribution >= 0.6 is 0 Å². The maximum absolute atomic E-state index is 11.6. The Balaban J connectivity index is 4.17. The third-order valence-electron chi connectivity index (χ3n) is 2.42. The number of carbonyl (C=O) groups excluding carboxylic acids is 1. The van der Waals surface area contributed by atoms with Crippen LogP contribution in [-0.2, 0) is 9.53 Å². The monoisotopic (exact) mass is 256 g/mol. The number of hydrogen-bond donors (Lipinski definition) is 0. The first-order chi connectivity index (χ1) is 8.45. The van der Waals surface area contributed by atoms with Crippen LogP contribution in [0.25, 0.3) is 0 Å². The summed E-state index contributed by atoms with van der Waals surface area (Å²) in [5.74, 6) is 0.391. The number of hydrogen-bond acceptors (Lipinski definition) is 3. The average Bonchev–Trinajstić information content (AvgIpc) is 2.25. The molecule has 1 unspecified atom stereocenters. The van der Waals surface area contributed by atoms with Gasteiger partial charge in [-0.1, -0.05) is 27.2 Å². The summed E-state index contributed by atoms with van der Waals surface area (Å²) in [6.45, 7) is 6.89. The van der Waals surface area contributed by atoms with Gasteiger partial charge in [0.1, 0.15) is 0 Å². The largest absolute Gasteiger partial charge is 0.466 e. The molecule has 0 rings (SSSR count). The molecule has 106 valence electrons. The second-order valence-corrected chi connectivity index (χ2v) is 5.29. The first-order valence-electron chi connectivity index (χ1n) is 6.81. The third-order valence-corrected chi connectivity index (χ3v) is 2.42. The summed E-state index contributed by atoms with van der Waals surface area (Å²) in [7, 11) is 3.85. The van der Waals surface area contributed by atoms with Crippen molar-refractivity contribution in [3.05, 3.63) is 0 Å². The molecule has 0 aliphatic carbocycles. The van der Waals surface area contributed by atoms with E-state index in [1.54, 1.807) is 6.34 Å². The van der Waals surface area contributed by atoms with E-state index in [2.05, 4.69) is 25.8 Å². The van der Waals surface area contributed by atoms with Gasteiger partial charge in [0, 0.05) is 14.1 Å². The minimum atomic E-state index is -0.134. The van der Waals surface area contributed by atoms with E-state index in [9.17, 15) is 4.79 Å². The Hall–Kier alpha value is -1.06. The lowest BCUT2D eigenvalue weighted by Crippen LogP contribution is -2.19. The van der Waals surface area contributed by atoms with Gasteiger partial charge in [-0.2, -0.15) is 0 Å². The molecule has 0 fully saturated rings. The molecular weight excluding hydrogens is 228 g/mol. The number of unbranched alkanes of at least 4 members (excludes halogenated alkanes) is 1. The lowest BCUT2D eigenvalue weighted by Gasteiger charge is -2.15. The minimum Gasteiger partial charge on any atom is -0.466 e. The topological polar surface area (TPSA) is 41.9 Å². The van der Waals surface area contributed by atoms with Crippen LogP contribution in [0, 0.1) is 5.92 Å². The van der Waals surface area contributed by atoms with E-state index in [1.807, 2.05) is 19.0 Å². The molecule has 0 N–H and O–H groups in total. The molecule has 0 aliphatic heterocycles. The van der Waals surface area contributed by atoms with Gasteiger partial charge < -0.3 is 9.64 Å². The number of rotatable bonds is 9. The van der Waals surface area contributed by atoms with Gasteiger partial charge in [-0.15, -0.1) is 0 Å². The Morgan fingerprint density at radius 1 is 1.39 bits per heavy atom.